The minimum absolute atomic E-state index is 0.155. The topological polar surface area (TPSA) is 25.8 Å². The lowest BCUT2D eigenvalue weighted by Crippen LogP contribution is -1.89. The van der Waals surface area contributed by atoms with Gasteiger partial charge < -0.3 is 0 Å². The van der Waals surface area contributed by atoms with Crippen LogP contribution >= 0.6 is 34.7 Å². The molecule has 0 saturated carbocycles. The zero-order valence-corrected chi connectivity index (χ0v) is 10.7. The van der Waals surface area contributed by atoms with Crippen molar-refractivity contribution in [2.45, 2.75) is 16.5 Å². The van der Waals surface area contributed by atoms with E-state index in [4.69, 9.17) is 11.6 Å². The molecule has 0 unspecified atom stereocenters. The van der Waals surface area contributed by atoms with Crippen LogP contribution in [0.15, 0.2) is 28.0 Å². The molecule has 2 nitrogen and oxygen atoms in total. The van der Waals surface area contributed by atoms with Crippen LogP contribution in [0.25, 0.3) is 0 Å². The maximum Gasteiger partial charge on any atom is 0.174 e. The van der Waals surface area contributed by atoms with Crippen LogP contribution < -0.4 is 0 Å². The summed E-state index contributed by atoms with van der Waals surface area (Å²) in [5, 5.41) is 8.04. The molecule has 0 spiro atoms. The lowest BCUT2D eigenvalue weighted by Gasteiger charge is -2.09. The molecular weight excluding hydrogens is 267 g/mol. The van der Waals surface area contributed by atoms with E-state index in [2.05, 4.69) is 10.2 Å². The zero-order valence-electron chi connectivity index (χ0n) is 8.35. The standard InChI is InChI=1S/C10H8ClFN2S2/c1-6(16-10-14-13-5-15-10)7-2-3-9(12)8(11)4-7/h2-6H,1H3/t6-/m0/s1. The Balaban J connectivity index is 2.14. The van der Waals surface area contributed by atoms with Crippen molar-refractivity contribution in [3.63, 3.8) is 0 Å². The predicted octanol–water partition coefficient (Wildman–Crippen LogP) is 4.18. The highest BCUT2D eigenvalue weighted by molar-refractivity contribution is 8.01. The summed E-state index contributed by atoms with van der Waals surface area (Å²) in [6, 6.07) is 4.77. The Morgan fingerprint density at radius 2 is 2.31 bits per heavy atom. The van der Waals surface area contributed by atoms with E-state index >= 15 is 0 Å². The second kappa shape index (κ2) is 5.12. The number of rotatable bonds is 3. The van der Waals surface area contributed by atoms with Gasteiger partial charge in [0, 0.05) is 5.25 Å². The molecule has 0 amide bonds. The molecule has 16 heavy (non-hydrogen) atoms. The van der Waals surface area contributed by atoms with Gasteiger partial charge >= 0.3 is 0 Å². The van der Waals surface area contributed by atoms with E-state index in [1.807, 2.05) is 6.92 Å². The molecule has 1 aromatic heterocycles. The number of halogens is 2. The minimum atomic E-state index is -0.390. The van der Waals surface area contributed by atoms with E-state index in [0.717, 1.165) is 9.90 Å². The summed E-state index contributed by atoms with van der Waals surface area (Å²) in [4.78, 5) is 0. The minimum Gasteiger partial charge on any atom is -0.205 e. The fourth-order valence-electron chi connectivity index (χ4n) is 1.20. The van der Waals surface area contributed by atoms with E-state index in [0.29, 0.717) is 0 Å². The van der Waals surface area contributed by atoms with Gasteiger partial charge in [0.05, 0.1) is 5.02 Å². The maximum absolute atomic E-state index is 13.0. The van der Waals surface area contributed by atoms with Gasteiger partial charge in [0.25, 0.3) is 0 Å². The third kappa shape index (κ3) is 2.72. The first-order valence-electron chi connectivity index (χ1n) is 4.54. The quantitative estimate of drug-likeness (QED) is 0.785. The summed E-state index contributed by atoms with van der Waals surface area (Å²) in [6.45, 7) is 2.02. The fourth-order valence-corrected chi connectivity index (χ4v) is 3.13. The number of hydrogen-bond donors (Lipinski definition) is 0. The summed E-state index contributed by atoms with van der Waals surface area (Å²) in [5.41, 5.74) is 2.67. The van der Waals surface area contributed by atoms with Crippen molar-refractivity contribution >= 4 is 34.7 Å². The highest BCUT2D eigenvalue weighted by Gasteiger charge is 2.11. The van der Waals surface area contributed by atoms with E-state index in [9.17, 15) is 4.39 Å². The SMILES string of the molecule is C[C@H](Sc1nncs1)c1ccc(F)c(Cl)c1. The van der Waals surface area contributed by atoms with Crippen LogP contribution in [0, 0.1) is 5.82 Å². The van der Waals surface area contributed by atoms with Gasteiger partial charge in [-0.2, -0.15) is 0 Å². The van der Waals surface area contributed by atoms with Crippen LogP contribution in [0.1, 0.15) is 17.7 Å². The van der Waals surface area contributed by atoms with Crippen molar-refractivity contribution in [2.24, 2.45) is 0 Å². The molecule has 0 bridgehead atoms. The van der Waals surface area contributed by atoms with Gasteiger partial charge in [0.2, 0.25) is 0 Å². The van der Waals surface area contributed by atoms with Gasteiger partial charge in [0.1, 0.15) is 11.3 Å². The summed E-state index contributed by atoms with van der Waals surface area (Å²) >= 11 is 8.80. The summed E-state index contributed by atoms with van der Waals surface area (Å²) in [7, 11) is 0. The van der Waals surface area contributed by atoms with Gasteiger partial charge in [0.15, 0.2) is 4.34 Å². The number of nitrogens with zero attached hydrogens (tertiary/aromatic N) is 2. The Hall–Kier alpha value is -0.650. The van der Waals surface area contributed by atoms with Crippen LogP contribution in [0.2, 0.25) is 5.02 Å². The lowest BCUT2D eigenvalue weighted by atomic mass is 10.2. The number of benzene rings is 1. The Bertz CT molecular complexity index is 476. The molecule has 6 heteroatoms. The molecule has 0 radical (unpaired) electrons. The Morgan fingerprint density at radius 1 is 1.50 bits per heavy atom. The predicted molar refractivity (Wildman–Crippen MR) is 65.6 cm³/mol. The van der Waals surface area contributed by atoms with Crippen molar-refractivity contribution in [1.82, 2.24) is 10.2 Å². The molecule has 1 atom stereocenters. The average molecular weight is 275 g/mol. The average Bonchev–Trinajstić information content (AvgIpc) is 2.74. The van der Waals surface area contributed by atoms with Crippen molar-refractivity contribution in [2.75, 3.05) is 0 Å². The summed E-state index contributed by atoms with van der Waals surface area (Å²) in [5.74, 6) is -0.390. The van der Waals surface area contributed by atoms with E-state index in [-0.39, 0.29) is 10.3 Å². The smallest absolute Gasteiger partial charge is 0.174 e. The number of aromatic nitrogens is 2. The van der Waals surface area contributed by atoms with Crippen molar-refractivity contribution in [3.8, 4) is 0 Å². The van der Waals surface area contributed by atoms with Crippen LogP contribution in [0.5, 0.6) is 0 Å². The molecule has 84 valence electrons. The highest BCUT2D eigenvalue weighted by Crippen LogP contribution is 2.36. The normalized spacial score (nSPS) is 12.7. The largest absolute Gasteiger partial charge is 0.205 e. The van der Waals surface area contributed by atoms with Crippen LogP contribution in [-0.4, -0.2) is 10.2 Å². The van der Waals surface area contributed by atoms with Crippen molar-refractivity contribution in [1.29, 1.82) is 0 Å². The van der Waals surface area contributed by atoms with E-state index in [1.54, 1.807) is 29.4 Å². The van der Waals surface area contributed by atoms with Gasteiger partial charge in [-0.25, -0.2) is 4.39 Å². The number of thioether (sulfide) groups is 1. The highest BCUT2D eigenvalue weighted by atomic mass is 35.5. The van der Waals surface area contributed by atoms with Crippen LogP contribution in [0.4, 0.5) is 4.39 Å². The molecule has 0 fully saturated rings. The molecule has 1 heterocycles. The zero-order chi connectivity index (χ0) is 11.5. The summed E-state index contributed by atoms with van der Waals surface area (Å²) < 4.78 is 13.9. The number of hydrogen-bond acceptors (Lipinski definition) is 4. The first kappa shape index (κ1) is 11.8. The third-order valence-electron chi connectivity index (χ3n) is 2.03. The Kier molecular flexibility index (Phi) is 3.78. The maximum atomic E-state index is 13.0. The van der Waals surface area contributed by atoms with E-state index in [1.165, 1.54) is 17.4 Å². The first-order valence-corrected chi connectivity index (χ1v) is 6.68. The molecule has 0 aliphatic rings. The molecule has 0 aliphatic heterocycles. The van der Waals surface area contributed by atoms with Gasteiger partial charge in [-0.15, -0.1) is 10.2 Å². The van der Waals surface area contributed by atoms with Crippen molar-refractivity contribution in [3.05, 3.63) is 40.1 Å². The molecule has 2 rings (SSSR count). The Morgan fingerprint density at radius 3 is 2.94 bits per heavy atom. The Labute approximate surface area is 106 Å². The fraction of sp³-hybridized carbons (Fsp3) is 0.200. The van der Waals surface area contributed by atoms with Crippen LogP contribution in [-0.2, 0) is 0 Å². The summed E-state index contributed by atoms with van der Waals surface area (Å²) in [6.07, 6.45) is 0. The molecule has 2 aromatic rings. The molecule has 0 saturated heterocycles. The lowest BCUT2D eigenvalue weighted by molar-refractivity contribution is 0.627. The van der Waals surface area contributed by atoms with Crippen molar-refractivity contribution < 1.29 is 4.39 Å². The van der Waals surface area contributed by atoms with Crippen LogP contribution in [0.3, 0.4) is 0 Å². The first-order chi connectivity index (χ1) is 7.66. The van der Waals surface area contributed by atoms with Gasteiger partial charge in [-0.3, -0.25) is 0 Å². The monoisotopic (exact) mass is 274 g/mol. The van der Waals surface area contributed by atoms with Gasteiger partial charge in [-0.05, 0) is 24.6 Å². The van der Waals surface area contributed by atoms with E-state index < -0.39 is 5.82 Å². The molecule has 0 N–H and O–H groups in total. The second-order valence-electron chi connectivity index (χ2n) is 3.14. The second-order valence-corrected chi connectivity index (χ2v) is 5.97. The molecule has 1 aromatic carbocycles. The molecule has 0 aliphatic carbocycles. The third-order valence-corrected chi connectivity index (χ3v) is 4.29. The van der Waals surface area contributed by atoms with Gasteiger partial charge in [-0.1, -0.05) is 40.8 Å². The molecular formula is C10H8ClFN2S2.